The number of anilines is 1. The van der Waals surface area contributed by atoms with Crippen LogP contribution in [-0.4, -0.2) is 38.0 Å². The van der Waals surface area contributed by atoms with Gasteiger partial charge in [-0.25, -0.2) is 9.97 Å². The number of ether oxygens (including phenoxy) is 1. The van der Waals surface area contributed by atoms with Crippen LogP contribution in [0.4, 0.5) is 5.69 Å². The summed E-state index contributed by atoms with van der Waals surface area (Å²) in [6, 6.07) is 8.26. The summed E-state index contributed by atoms with van der Waals surface area (Å²) in [5, 5.41) is 10.5. The van der Waals surface area contributed by atoms with Crippen LogP contribution in [0.25, 0.3) is 10.2 Å². The van der Waals surface area contributed by atoms with E-state index in [1.54, 1.807) is 30.9 Å². The van der Waals surface area contributed by atoms with Gasteiger partial charge in [-0.3, -0.25) is 9.97 Å². The Morgan fingerprint density at radius 2 is 1.97 bits per heavy atom. The topological polar surface area (TPSA) is 101 Å². The number of nitriles is 1. The third-order valence-corrected chi connectivity index (χ3v) is 6.50. The van der Waals surface area contributed by atoms with Crippen molar-refractivity contribution in [1.82, 2.24) is 24.9 Å². The summed E-state index contributed by atoms with van der Waals surface area (Å²) in [5.74, 6) is -0.596. The standard InChI is InChI=1S/C23H21N7OS/c24-11-18(22-28-20-14-25-6-5-21(20)32-22)19-4-7-27-23(29-19)31-15-16-10-17(13-26-12-16)30-8-2-1-3-9-30/h4-7,10,12-14,18H,1-3,8-9,15H2. The van der Waals surface area contributed by atoms with Crippen LogP contribution < -0.4 is 9.64 Å². The minimum absolute atomic E-state index is 0.230. The first-order valence-corrected chi connectivity index (χ1v) is 11.4. The van der Waals surface area contributed by atoms with Crippen LogP contribution in [0.15, 0.2) is 49.2 Å². The lowest BCUT2D eigenvalue weighted by Crippen LogP contribution is -2.29. The van der Waals surface area contributed by atoms with E-state index in [9.17, 15) is 5.26 Å². The minimum atomic E-state index is -0.596. The van der Waals surface area contributed by atoms with Gasteiger partial charge in [-0.1, -0.05) is 0 Å². The Hall–Kier alpha value is -3.64. The van der Waals surface area contributed by atoms with Gasteiger partial charge < -0.3 is 9.64 Å². The van der Waals surface area contributed by atoms with Crippen molar-refractivity contribution in [3.05, 3.63) is 65.4 Å². The van der Waals surface area contributed by atoms with E-state index in [-0.39, 0.29) is 6.01 Å². The highest BCUT2D eigenvalue weighted by atomic mass is 32.1. The molecule has 0 N–H and O–H groups in total. The second kappa shape index (κ2) is 9.24. The number of piperidine rings is 1. The van der Waals surface area contributed by atoms with Gasteiger partial charge >= 0.3 is 6.01 Å². The van der Waals surface area contributed by atoms with Crippen molar-refractivity contribution in [3.8, 4) is 12.1 Å². The van der Waals surface area contributed by atoms with Crippen LogP contribution in [0, 0.1) is 11.3 Å². The molecule has 0 radical (unpaired) electrons. The Balaban J connectivity index is 1.31. The van der Waals surface area contributed by atoms with E-state index < -0.39 is 5.92 Å². The first-order valence-electron chi connectivity index (χ1n) is 10.5. The lowest BCUT2D eigenvalue weighted by molar-refractivity contribution is 0.279. The summed E-state index contributed by atoms with van der Waals surface area (Å²) in [4.78, 5) is 24.1. The highest BCUT2D eigenvalue weighted by Gasteiger charge is 2.21. The second-order valence-corrected chi connectivity index (χ2v) is 8.67. The van der Waals surface area contributed by atoms with E-state index in [0.29, 0.717) is 17.3 Å². The predicted molar refractivity (Wildman–Crippen MR) is 122 cm³/mol. The molecule has 160 valence electrons. The summed E-state index contributed by atoms with van der Waals surface area (Å²) in [7, 11) is 0. The van der Waals surface area contributed by atoms with Crippen molar-refractivity contribution in [1.29, 1.82) is 5.26 Å². The average Bonchev–Trinajstić information content (AvgIpc) is 3.28. The van der Waals surface area contributed by atoms with Crippen LogP contribution in [0.3, 0.4) is 0 Å². The molecule has 5 heterocycles. The first-order chi connectivity index (χ1) is 15.8. The SMILES string of the molecule is N#CC(c1ccnc(OCc2cncc(N3CCCCC3)c2)n1)c1nc2cnccc2s1. The minimum Gasteiger partial charge on any atom is -0.459 e. The van der Waals surface area contributed by atoms with E-state index in [0.717, 1.165) is 34.6 Å². The molecule has 4 aromatic heterocycles. The molecule has 0 saturated carbocycles. The number of nitrogens with zero attached hydrogens (tertiary/aromatic N) is 7. The zero-order chi connectivity index (χ0) is 21.8. The Bertz CT molecular complexity index is 1230. The molecule has 1 fully saturated rings. The third-order valence-electron chi connectivity index (χ3n) is 5.40. The molecular formula is C23H21N7OS. The van der Waals surface area contributed by atoms with Gasteiger partial charge in [0, 0.05) is 37.2 Å². The Labute approximate surface area is 189 Å². The summed E-state index contributed by atoms with van der Waals surface area (Å²) < 4.78 is 6.84. The number of rotatable bonds is 6. The summed E-state index contributed by atoms with van der Waals surface area (Å²) in [5.41, 5.74) is 3.41. The molecule has 4 aromatic rings. The van der Waals surface area contributed by atoms with Crippen LogP contribution in [0.5, 0.6) is 6.01 Å². The van der Waals surface area contributed by atoms with Gasteiger partial charge in [-0.15, -0.1) is 11.3 Å². The summed E-state index contributed by atoms with van der Waals surface area (Å²) in [6.07, 6.45) is 12.4. The van der Waals surface area contributed by atoms with Crippen LogP contribution >= 0.6 is 11.3 Å². The molecule has 1 aliphatic rings. The monoisotopic (exact) mass is 443 g/mol. The van der Waals surface area contributed by atoms with Crippen molar-refractivity contribution in [2.24, 2.45) is 0 Å². The average molecular weight is 444 g/mol. The molecule has 0 amide bonds. The van der Waals surface area contributed by atoms with Gasteiger partial charge in [0.25, 0.3) is 0 Å². The molecule has 5 rings (SSSR count). The van der Waals surface area contributed by atoms with Gasteiger partial charge in [-0.2, -0.15) is 10.2 Å². The molecule has 8 nitrogen and oxygen atoms in total. The Morgan fingerprint density at radius 3 is 2.81 bits per heavy atom. The van der Waals surface area contributed by atoms with Crippen molar-refractivity contribution in [2.45, 2.75) is 31.8 Å². The van der Waals surface area contributed by atoms with E-state index in [1.165, 1.54) is 30.6 Å². The smallest absolute Gasteiger partial charge is 0.316 e. The maximum Gasteiger partial charge on any atom is 0.316 e. The zero-order valence-corrected chi connectivity index (χ0v) is 18.2. The maximum absolute atomic E-state index is 9.80. The third kappa shape index (κ3) is 4.36. The van der Waals surface area contributed by atoms with Crippen molar-refractivity contribution < 1.29 is 4.74 Å². The fourth-order valence-corrected chi connectivity index (χ4v) is 4.77. The van der Waals surface area contributed by atoms with E-state index in [1.807, 2.05) is 12.3 Å². The fraction of sp³-hybridized carbons (Fsp3) is 0.304. The van der Waals surface area contributed by atoms with E-state index >= 15 is 0 Å². The molecule has 0 bridgehead atoms. The normalized spacial score (nSPS) is 14.8. The number of aromatic nitrogens is 5. The lowest BCUT2D eigenvalue weighted by atomic mass is 10.1. The lowest BCUT2D eigenvalue weighted by Gasteiger charge is -2.28. The number of fused-ring (bicyclic) bond motifs is 1. The first kappa shape index (κ1) is 20.3. The molecule has 0 spiro atoms. The molecule has 0 aromatic carbocycles. The number of pyridine rings is 2. The molecular weight excluding hydrogens is 422 g/mol. The molecule has 1 unspecified atom stereocenters. The van der Waals surface area contributed by atoms with Crippen molar-refractivity contribution >= 4 is 27.2 Å². The molecule has 1 aliphatic heterocycles. The molecule has 9 heteroatoms. The van der Waals surface area contributed by atoms with Crippen LogP contribution in [0.2, 0.25) is 0 Å². The van der Waals surface area contributed by atoms with Gasteiger partial charge in [0.15, 0.2) is 0 Å². The Morgan fingerprint density at radius 1 is 1.06 bits per heavy atom. The number of hydrogen-bond acceptors (Lipinski definition) is 9. The van der Waals surface area contributed by atoms with Crippen LogP contribution in [0.1, 0.15) is 41.4 Å². The summed E-state index contributed by atoms with van der Waals surface area (Å²) in [6.45, 7) is 2.44. The highest BCUT2D eigenvalue weighted by Crippen LogP contribution is 2.30. The Kier molecular flexibility index (Phi) is 5.85. The molecule has 0 aliphatic carbocycles. The quantitative estimate of drug-likeness (QED) is 0.439. The predicted octanol–water partition coefficient (Wildman–Crippen LogP) is 4.10. The van der Waals surface area contributed by atoms with Crippen molar-refractivity contribution in [3.63, 3.8) is 0 Å². The van der Waals surface area contributed by atoms with E-state index in [2.05, 4.69) is 42.0 Å². The van der Waals surface area contributed by atoms with Crippen molar-refractivity contribution in [2.75, 3.05) is 18.0 Å². The largest absolute Gasteiger partial charge is 0.459 e. The van der Waals surface area contributed by atoms with E-state index in [4.69, 9.17) is 4.74 Å². The zero-order valence-electron chi connectivity index (χ0n) is 17.4. The number of thiazole rings is 1. The maximum atomic E-state index is 9.80. The number of hydrogen-bond donors (Lipinski definition) is 0. The molecule has 32 heavy (non-hydrogen) atoms. The van der Waals surface area contributed by atoms with Gasteiger partial charge in [0.2, 0.25) is 0 Å². The van der Waals surface area contributed by atoms with Crippen LogP contribution in [-0.2, 0) is 6.61 Å². The molecule has 1 atom stereocenters. The van der Waals surface area contributed by atoms with Gasteiger partial charge in [0.05, 0.1) is 40.1 Å². The molecule has 1 saturated heterocycles. The summed E-state index contributed by atoms with van der Waals surface area (Å²) >= 11 is 1.47. The highest BCUT2D eigenvalue weighted by molar-refractivity contribution is 7.18. The second-order valence-electron chi connectivity index (χ2n) is 7.61. The van der Waals surface area contributed by atoms with Gasteiger partial charge in [0.1, 0.15) is 17.5 Å². The van der Waals surface area contributed by atoms with Gasteiger partial charge in [-0.05, 0) is 37.5 Å². The fourth-order valence-electron chi connectivity index (χ4n) is 3.78.